The number of para-hydroxylation sites is 1. The number of methoxy groups -OCH3 is 2. The lowest BCUT2D eigenvalue weighted by Gasteiger charge is -2.15. The summed E-state index contributed by atoms with van der Waals surface area (Å²) in [5, 5.41) is 15.0. The fourth-order valence-corrected chi connectivity index (χ4v) is 3.06. The Labute approximate surface area is 169 Å². The quantitative estimate of drug-likeness (QED) is 0.584. The molecule has 0 atom stereocenters. The van der Waals surface area contributed by atoms with Crippen molar-refractivity contribution in [1.82, 2.24) is 15.2 Å². The molecule has 146 valence electrons. The standard InChI is InChI=1S/C20H22ClN5O2/c1-5-13-8-6-7-12(2)19(13)24-18-11-22-26-20(25-18)23-15-10-16(27-3)14(21)9-17(15)28-4/h6-11H,5H2,1-4H3,(H2,23,24,25,26). The van der Waals surface area contributed by atoms with Gasteiger partial charge in [-0.05, 0) is 24.5 Å². The molecule has 0 spiro atoms. The summed E-state index contributed by atoms with van der Waals surface area (Å²) in [5.74, 6) is 1.96. The topological polar surface area (TPSA) is 81.2 Å². The van der Waals surface area contributed by atoms with E-state index in [4.69, 9.17) is 21.1 Å². The lowest BCUT2D eigenvalue weighted by molar-refractivity contribution is 0.405. The third-order valence-electron chi connectivity index (χ3n) is 4.27. The average Bonchev–Trinajstić information content (AvgIpc) is 2.70. The molecule has 0 saturated carbocycles. The summed E-state index contributed by atoms with van der Waals surface area (Å²) in [6.07, 6.45) is 2.49. The van der Waals surface area contributed by atoms with Crippen LogP contribution >= 0.6 is 11.6 Å². The van der Waals surface area contributed by atoms with Crippen LogP contribution in [0.3, 0.4) is 0 Å². The third-order valence-corrected chi connectivity index (χ3v) is 4.57. The number of rotatable bonds is 7. The molecule has 0 saturated heterocycles. The molecule has 7 nitrogen and oxygen atoms in total. The molecule has 0 fully saturated rings. The molecule has 0 radical (unpaired) electrons. The summed E-state index contributed by atoms with van der Waals surface area (Å²) in [7, 11) is 3.11. The molecule has 0 amide bonds. The largest absolute Gasteiger partial charge is 0.495 e. The van der Waals surface area contributed by atoms with Crippen LogP contribution < -0.4 is 20.1 Å². The Hall–Kier alpha value is -3.06. The van der Waals surface area contributed by atoms with E-state index < -0.39 is 0 Å². The van der Waals surface area contributed by atoms with Crippen molar-refractivity contribution in [2.24, 2.45) is 0 Å². The minimum absolute atomic E-state index is 0.319. The maximum Gasteiger partial charge on any atom is 0.249 e. The van der Waals surface area contributed by atoms with E-state index in [0.717, 1.165) is 17.7 Å². The lowest BCUT2D eigenvalue weighted by Crippen LogP contribution is -2.05. The van der Waals surface area contributed by atoms with Crippen LogP contribution in [0.5, 0.6) is 11.5 Å². The summed E-state index contributed by atoms with van der Waals surface area (Å²) < 4.78 is 10.6. The predicted molar refractivity (Wildman–Crippen MR) is 112 cm³/mol. The van der Waals surface area contributed by atoms with E-state index in [-0.39, 0.29) is 0 Å². The maximum absolute atomic E-state index is 6.16. The van der Waals surface area contributed by atoms with Crippen LogP contribution in [0.15, 0.2) is 36.5 Å². The van der Waals surface area contributed by atoms with E-state index in [1.165, 1.54) is 5.56 Å². The van der Waals surface area contributed by atoms with Crippen molar-refractivity contribution < 1.29 is 9.47 Å². The number of hydrogen-bond donors (Lipinski definition) is 2. The first-order chi connectivity index (χ1) is 13.5. The summed E-state index contributed by atoms with van der Waals surface area (Å²) in [5.41, 5.74) is 3.99. The smallest absolute Gasteiger partial charge is 0.249 e. The van der Waals surface area contributed by atoms with Gasteiger partial charge in [0, 0.05) is 17.8 Å². The van der Waals surface area contributed by atoms with Crippen LogP contribution in [0.1, 0.15) is 18.1 Å². The highest BCUT2D eigenvalue weighted by atomic mass is 35.5. The van der Waals surface area contributed by atoms with Gasteiger partial charge in [-0.1, -0.05) is 36.7 Å². The number of nitrogens with zero attached hydrogens (tertiary/aromatic N) is 3. The molecule has 2 N–H and O–H groups in total. The fraction of sp³-hybridized carbons (Fsp3) is 0.250. The van der Waals surface area contributed by atoms with Gasteiger partial charge in [0.1, 0.15) is 11.5 Å². The Morgan fingerprint density at radius 2 is 1.86 bits per heavy atom. The molecule has 3 rings (SSSR count). The first kappa shape index (κ1) is 19.7. The highest BCUT2D eigenvalue weighted by Gasteiger charge is 2.12. The van der Waals surface area contributed by atoms with E-state index in [0.29, 0.717) is 34.0 Å². The highest BCUT2D eigenvalue weighted by Crippen LogP contribution is 2.37. The summed E-state index contributed by atoms with van der Waals surface area (Å²) in [4.78, 5) is 4.51. The fourth-order valence-electron chi connectivity index (χ4n) is 2.83. The first-order valence-corrected chi connectivity index (χ1v) is 9.17. The third kappa shape index (κ3) is 4.26. The Bertz CT molecular complexity index is 981. The van der Waals surface area contributed by atoms with Gasteiger partial charge in [-0.15, -0.1) is 5.10 Å². The number of halogens is 1. The predicted octanol–water partition coefficient (Wildman–Crippen LogP) is 4.90. The van der Waals surface area contributed by atoms with Crippen LogP contribution in [0.25, 0.3) is 0 Å². The van der Waals surface area contributed by atoms with E-state index in [2.05, 4.69) is 51.8 Å². The van der Waals surface area contributed by atoms with Crippen LogP contribution in [0.2, 0.25) is 5.02 Å². The summed E-state index contributed by atoms with van der Waals surface area (Å²) >= 11 is 6.16. The Morgan fingerprint density at radius 1 is 1.07 bits per heavy atom. The zero-order valence-corrected chi connectivity index (χ0v) is 17.0. The molecule has 0 aliphatic carbocycles. The zero-order chi connectivity index (χ0) is 20.1. The van der Waals surface area contributed by atoms with Gasteiger partial charge in [0.2, 0.25) is 5.95 Å². The second-order valence-corrected chi connectivity index (χ2v) is 6.47. The van der Waals surface area contributed by atoms with Gasteiger partial charge in [-0.25, -0.2) is 0 Å². The van der Waals surface area contributed by atoms with Crippen molar-refractivity contribution in [3.63, 3.8) is 0 Å². The van der Waals surface area contributed by atoms with Gasteiger partial charge in [-0.3, -0.25) is 0 Å². The molecular weight excluding hydrogens is 378 g/mol. The number of aryl methyl sites for hydroxylation is 2. The van der Waals surface area contributed by atoms with Crippen molar-refractivity contribution in [2.75, 3.05) is 24.9 Å². The summed E-state index contributed by atoms with van der Waals surface area (Å²) in [6, 6.07) is 9.58. The monoisotopic (exact) mass is 399 g/mol. The van der Waals surface area contributed by atoms with Gasteiger partial charge < -0.3 is 20.1 Å². The van der Waals surface area contributed by atoms with Crippen molar-refractivity contribution in [3.05, 3.63) is 52.7 Å². The van der Waals surface area contributed by atoms with Crippen molar-refractivity contribution in [3.8, 4) is 11.5 Å². The van der Waals surface area contributed by atoms with Gasteiger partial charge in [0.15, 0.2) is 5.82 Å². The van der Waals surface area contributed by atoms with Gasteiger partial charge in [0.05, 0.1) is 31.1 Å². The van der Waals surface area contributed by atoms with Crippen LogP contribution in [0, 0.1) is 6.92 Å². The molecule has 0 unspecified atom stereocenters. The first-order valence-electron chi connectivity index (χ1n) is 8.79. The second kappa shape index (κ2) is 8.75. The molecule has 3 aromatic rings. The van der Waals surface area contributed by atoms with Crippen LogP contribution in [-0.4, -0.2) is 29.4 Å². The molecule has 0 bridgehead atoms. The minimum atomic E-state index is 0.319. The number of aromatic nitrogens is 3. The molecule has 0 aliphatic heterocycles. The maximum atomic E-state index is 6.16. The average molecular weight is 400 g/mol. The number of benzene rings is 2. The number of hydrogen-bond acceptors (Lipinski definition) is 7. The molecule has 28 heavy (non-hydrogen) atoms. The molecule has 8 heteroatoms. The van der Waals surface area contributed by atoms with Crippen molar-refractivity contribution >= 4 is 34.7 Å². The summed E-state index contributed by atoms with van der Waals surface area (Å²) in [6.45, 7) is 4.17. The van der Waals surface area contributed by atoms with Gasteiger partial charge in [-0.2, -0.15) is 10.1 Å². The molecule has 2 aromatic carbocycles. The van der Waals surface area contributed by atoms with Crippen LogP contribution in [-0.2, 0) is 6.42 Å². The second-order valence-electron chi connectivity index (χ2n) is 6.06. The Balaban J connectivity index is 1.89. The molecule has 1 heterocycles. The number of anilines is 4. The SMILES string of the molecule is CCc1cccc(C)c1Nc1cnnc(Nc2cc(OC)c(Cl)cc2OC)n1. The van der Waals surface area contributed by atoms with Crippen molar-refractivity contribution in [2.45, 2.75) is 20.3 Å². The lowest BCUT2D eigenvalue weighted by atomic mass is 10.1. The van der Waals surface area contributed by atoms with E-state index in [1.807, 2.05) is 6.07 Å². The van der Waals surface area contributed by atoms with Gasteiger partial charge >= 0.3 is 0 Å². The Morgan fingerprint density at radius 3 is 2.57 bits per heavy atom. The molecule has 1 aromatic heterocycles. The number of ether oxygens (including phenoxy) is 2. The molecule has 0 aliphatic rings. The van der Waals surface area contributed by atoms with Gasteiger partial charge in [0.25, 0.3) is 0 Å². The van der Waals surface area contributed by atoms with E-state index in [1.54, 1.807) is 32.5 Å². The molecular formula is C20H22ClN5O2. The van der Waals surface area contributed by atoms with Crippen LogP contribution in [0.4, 0.5) is 23.1 Å². The van der Waals surface area contributed by atoms with Crippen molar-refractivity contribution in [1.29, 1.82) is 0 Å². The van der Waals surface area contributed by atoms with E-state index in [9.17, 15) is 0 Å². The number of nitrogens with one attached hydrogen (secondary N) is 2. The highest BCUT2D eigenvalue weighted by molar-refractivity contribution is 6.32. The van der Waals surface area contributed by atoms with E-state index >= 15 is 0 Å². The zero-order valence-electron chi connectivity index (χ0n) is 16.2. The normalized spacial score (nSPS) is 10.5. The minimum Gasteiger partial charge on any atom is -0.495 e. The Kier molecular flexibility index (Phi) is 6.16.